The number of hydrogen-bond donors (Lipinski definition) is 3. The molecule has 16 heavy (non-hydrogen) atoms. The number of hydrazine groups is 1. The topological polar surface area (TPSA) is 62.4 Å². The van der Waals surface area contributed by atoms with E-state index in [0.717, 1.165) is 18.9 Å². The molecule has 4 heteroatoms. The summed E-state index contributed by atoms with van der Waals surface area (Å²) in [6, 6.07) is 0. The summed E-state index contributed by atoms with van der Waals surface area (Å²) in [5.41, 5.74) is 2.85. The fourth-order valence-corrected chi connectivity index (χ4v) is 2.21. The first-order valence-electron chi connectivity index (χ1n) is 6.49. The van der Waals surface area contributed by atoms with Crippen molar-refractivity contribution in [3.8, 4) is 0 Å². The van der Waals surface area contributed by atoms with Crippen molar-refractivity contribution in [3.63, 3.8) is 0 Å². The van der Waals surface area contributed by atoms with Gasteiger partial charge in [0.2, 0.25) is 5.96 Å². The van der Waals surface area contributed by atoms with Crippen LogP contribution in [0.3, 0.4) is 0 Å². The largest absolute Gasteiger partial charge is 0.350 e. The normalized spacial score (nSPS) is 20.6. The Bertz CT molecular complexity index is 219. The molecule has 0 aromatic carbocycles. The maximum Gasteiger partial charge on any atom is 0.206 e. The van der Waals surface area contributed by atoms with E-state index in [1.807, 2.05) is 0 Å². The van der Waals surface area contributed by atoms with Gasteiger partial charge in [-0.1, -0.05) is 32.6 Å². The van der Waals surface area contributed by atoms with Crippen LogP contribution in [0.15, 0.2) is 4.99 Å². The van der Waals surface area contributed by atoms with Gasteiger partial charge in [0.05, 0.1) is 0 Å². The summed E-state index contributed by atoms with van der Waals surface area (Å²) in [7, 11) is 0. The number of aliphatic imine (C=N–C) groups is 1. The van der Waals surface area contributed by atoms with Gasteiger partial charge in [0.25, 0.3) is 0 Å². The lowest BCUT2D eigenvalue weighted by atomic mass is 9.83. The van der Waals surface area contributed by atoms with Crippen molar-refractivity contribution in [2.75, 3.05) is 6.54 Å². The van der Waals surface area contributed by atoms with Crippen LogP contribution < -0.4 is 16.6 Å². The molecule has 0 bridgehead atoms. The standard InChI is InChI=1S/C12H26N4/c1-3-4-10-14-11(16-13)15-12(2)8-6-5-7-9-12/h3-10,13H2,1-2H3,(H2,14,15,16). The molecule has 0 unspecified atom stereocenters. The molecule has 4 nitrogen and oxygen atoms in total. The third kappa shape index (κ3) is 4.39. The Kier molecular flexibility index (Phi) is 5.60. The molecule has 1 rings (SSSR count). The summed E-state index contributed by atoms with van der Waals surface area (Å²) in [5.74, 6) is 6.24. The van der Waals surface area contributed by atoms with E-state index >= 15 is 0 Å². The van der Waals surface area contributed by atoms with Crippen LogP contribution in [0.4, 0.5) is 0 Å². The molecule has 0 aromatic rings. The fraction of sp³-hybridized carbons (Fsp3) is 0.917. The summed E-state index contributed by atoms with van der Waals surface area (Å²) in [4.78, 5) is 4.44. The maximum absolute atomic E-state index is 5.49. The summed E-state index contributed by atoms with van der Waals surface area (Å²) in [6.45, 7) is 5.28. The summed E-state index contributed by atoms with van der Waals surface area (Å²) in [5, 5.41) is 3.45. The van der Waals surface area contributed by atoms with E-state index in [9.17, 15) is 0 Å². The molecule has 1 aliphatic carbocycles. The molecule has 0 amide bonds. The monoisotopic (exact) mass is 226 g/mol. The van der Waals surface area contributed by atoms with Crippen LogP contribution in [0.5, 0.6) is 0 Å². The zero-order valence-corrected chi connectivity index (χ0v) is 10.7. The third-order valence-electron chi connectivity index (χ3n) is 3.30. The zero-order chi connectivity index (χ0) is 11.9. The van der Waals surface area contributed by atoms with Crippen molar-refractivity contribution in [1.29, 1.82) is 0 Å². The molecule has 94 valence electrons. The van der Waals surface area contributed by atoms with Gasteiger partial charge < -0.3 is 5.32 Å². The molecule has 1 aliphatic rings. The number of rotatable bonds is 4. The number of guanidine groups is 1. The highest BCUT2D eigenvalue weighted by Gasteiger charge is 2.27. The smallest absolute Gasteiger partial charge is 0.206 e. The Morgan fingerprint density at radius 3 is 2.56 bits per heavy atom. The Balaban J connectivity index is 2.44. The number of nitrogens with zero attached hydrogens (tertiary/aromatic N) is 1. The summed E-state index contributed by atoms with van der Waals surface area (Å²) >= 11 is 0. The minimum Gasteiger partial charge on any atom is -0.350 e. The number of unbranched alkanes of at least 4 members (excludes halogenated alkanes) is 1. The Morgan fingerprint density at radius 2 is 2.00 bits per heavy atom. The van der Waals surface area contributed by atoms with E-state index in [-0.39, 0.29) is 5.54 Å². The molecular weight excluding hydrogens is 200 g/mol. The van der Waals surface area contributed by atoms with E-state index in [0.29, 0.717) is 0 Å². The molecule has 0 radical (unpaired) electrons. The number of nitrogens with two attached hydrogens (primary N) is 1. The molecule has 0 aromatic heterocycles. The van der Waals surface area contributed by atoms with Crippen molar-refractivity contribution < 1.29 is 0 Å². The lowest BCUT2D eigenvalue weighted by Gasteiger charge is -2.35. The van der Waals surface area contributed by atoms with Crippen molar-refractivity contribution in [2.45, 2.75) is 64.3 Å². The SMILES string of the molecule is CCCCN=C(NN)NC1(C)CCCCC1. The molecule has 0 saturated heterocycles. The van der Waals surface area contributed by atoms with Crippen LogP contribution in [0.1, 0.15) is 58.8 Å². The second-order valence-corrected chi connectivity index (χ2v) is 4.97. The van der Waals surface area contributed by atoms with Crippen LogP contribution >= 0.6 is 0 Å². The van der Waals surface area contributed by atoms with Gasteiger partial charge in [-0.05, 0) is 26.2 Å². The molecular formula is C12H26N4. The highest BCUT2D eigenvalue weighted by molar-refractivity contribution is 5.79. The van der Waals surface area contributed by atoms with Gasteiger partial charge in [0.1, 0.15) is 0 Å². The zero-order valence-electron chi connectivity index (χ0n) is 10.7. The first-order chi connectivity index (χ1) is 7.70. The van der Waals surface area contributed by atoms with Gasteiger partial charge >= 0.3 is 0 Å². The van der Waals surface area contributed by atoms with Crippen molar-refractivity contribution in [3.05, 3.63) is 0 Å². The second kappa shape index (κ2) is 6.74. The molecule has 0 heterocycles. The summed E-state index contributed by atoms with van der Waals surface area (Å²) in [6.07, 6.45) is 8.66. The average Bonchev–Trinajstić information content (AvgIpc) is 2.29. The van der Waals surface area contributed by atoms with E-state index < -0.39 is 0 Å². The van der Waals surface area contributed by atoms with Gasteiger partial charge in [0, 0.05) is 12.1 Å². The first kappa shape index (κ1) is 13.3. The number of hydrogen-bond acceptors (Lipinski definition) is 2. The number of nitrogens with one attached hydrogen (secondary N) is 2. The molecule has 1 saturated carbocycles. The predicted molar refractivity (Wildman–Crippen MR) is 69.2 cm³/mol. The van der Waals surface area contributed by atoms with E-state index in [1.165, 1.54) is 38.5 Å². The lowest BCUT2D eigenvalue weighted by molar-refractivity contribution is 0.288. The molecule has 0 spiro atoms. The van der Waals surface area contributed by atoms with Crippen LogP contribution in [0.2, 0.25) is 0 Å². The fourth-order valence-electron chi connectivity index (χ4n) is 2.21. The van der Waals surface area contributed by atoms with Crippen molar-refractivity contribution >= 4 is 5.96 Å². The van der Waals surface area contributed by atoms with Crippen LogP contribution in [0, 0.1) is 0 Å². The lowest BCUT2D eigenvalue weighted by Crippen LogP contribution is -2.53. The predicted octanol–water partition coefficient (Wildman–Crippen LogP) is 1.92. The molecule has 4 N–H and O–H groups in total. The Labute approximate surface area is 99.1 Å². The third-order valence-corrected chi connectivity index (χ3v) is 3.30. The van der Waals surface area contributed by atoms with Gasteiger partial charge in [-0.3, -0.25) is 10.4 Å². The second-order valence-electron chi connectivity index (χ2n) is 4.97. The molecule has 0 aliphatic heterocycles. The van der Waals surface area contributed by atoms with Gasteiger partial charge in [-0.2, -0.15) is 0 Å². The van der Waals surface area contributed by atoms with E-state index in [2.05, 4.69) is 29.6 Å². The highest BCUT2D eigenvalue weighted by Crippen LogP contribution is 2.27. The molecule has 1 fully saturated rings. The first-order valence-corrected chi connectivity index (χ1v) is 6.49. The van der Waals surface area contributed by atoms with E-state index in [4.69, 9.17) is 5.84 Å². The van der Waals surface area contributed by atoms with Crippen LogP contribution in [0.25, 0.3) is 0 Å². The Hall–Kier alpha value is -0.770. The quantitative estimate of drug-likeness (QED) is 0.226. The van der Waals surface area contributed by atoms with Gasteiger partial charge in [-0.25, -0.2) is 5.84 Å². The Morgan fingerprint density at radius 1 is 1.31 bits per heavy atom. The maximum atomic E-state index is 5.49. The van der Waals surface area contributed by atoms with Crippen molar-refractivity contribution in [2.24, 2.45) is 10.8 Å². The minimum absolute atomic E-state index is 0.176. The average molecular weight is 226 g/mol. The van der Waals surface area contributed by atoms with Crippen LogP contribution in [-0.2, 0) is 0 Å². The molecule has 0 atom stereocenters. The van der Waals surface area contributed by atoms with Gasteiger partial charge in [-0.15, -0.1) is 0 Å². The van der Waals surface area contributed by atoms with Gasteiger partial charge in [0.15, 0.2) is 0 Å². The minimum atomic E-state index is 0.176. The van der Waals surface area contributed by atoms with E-state index in [1.54, 1.807) is 0 Å². The summed E-state index contributed by atoms with van der Waals surface area (Å²) < 4.78 is 0. The van der Waals surface area contributed by atoms with Crippen molar-refractivity contribution in [1.82, 2.24) is 10.7 Å². The highest BCUT2D eigenvalue weighted by atomic mass is 15.3. The van der Waals surface area contributed by atoms with Crippen LogP contribution in [-0.4, -0.2) is 18.0 Å².